The van der Waals surface area contributed by atoms with E-state index in [-0.39, 0.29) is 35.9 Å². The summed E-state index contributed by atoms with van der Waals surface area (Å²) in [5.41, 5.74) is 5.65. The van der Waals surface area contributed by atoms with E-state index in [0.717, 1.165) is 72.7 Å². The van der Waals surface area contributed by atoms with Crippen LogP contribution in [0.4, 0.5) is 14.5 Å². The molecule has 2 aliphatic heterocycles. The normalized spacial score (nSPS) is 22.0. The largest absolute Gasteiger partial charge is 0.376 e. The molecular formula is C31H33F2N7O. The third kappa shape index (κ3) is 4.74. The molecule has 3 atom stereocenters. The molecule has 3 aromatic heterocycles. The molecule has 0 N–H and O–H groups in total. The van der Waals surface area contributed by atoms with E-state index in [9.17, 15) is 8.78 Å². The minimum absolute atomic E-state index is 0.129. The van der Waals surface area contributed by atoms with Crippen LogP contribution < -0.4 is 4.90 Å². The number of imidazole rings is 1. The van der Waals surface area contributed by atoms with E-state index >= 15 is 0 Å². The van der Waals surface area contributed by atoms with Crippen LogP contribution in [0.25, 0.3) is 16.8 Å². The molecule has 0 saturated carbocycles. The van der Waals surface area contributed by atoms with Gasteiger partial charge in [0.2, 0.25) is 0 Å². The lowest BCUT2D eigenvalue weighted by molar-refractivity contribution is 0.0977. The predicted octanol–water partition coefficient (Wildman–Crippen LogP) is 5.22. The van der Waals surface area contributed by atoms with Crippen molar-refractivity contribution >= 4 is 22.5 Å². The van der Waals surface area contributed by atoms with Gasteiger partial charge in [0.1, 0.15) is 29.1 Å². The Morgan fingerprint density at radius 2 is 1.63 bits per heavy atom. The molecule has 2 fully saturated rings. The van der Waals surface area contributed by atoms with Crippen LogP contribution in [0.1, 0.15) is 43.9 Å². The highest BCUT2D eigenvalue weighted by atomic mass is 19.1. The summed E-state index contributed by atoms with van der Waals surface area (Å²) in [6.07, 6.45) is 5.96. The molecule has 0 radical (unpaired) electrons. The summed E-state index contributed by atoms with van der Waals surface area (Å²) in [4.78, 5) is 9.74. The van der Waals surface area contributed by atoms with Crippen LogP contribution in [0.2, 0.25) is 0 Å². The van der Waals surface area contributed by atoms with Gasteiger partial charge in [-0.2, -0.15) is 0 Å². The first kappa shape index (κ1) is 26.0. The van der Waals surface area contributed by atoms with Gasteiger partial charge in [0.15, 0.2) is 5.65 Å². The van der Waals surface area contributed by atoms with Gasteiger partial charge in [0, 0.05) is 37.8 Å². The van der Waals surface area contributed by atoms with Crippen LogP contribution >= 0.6 is 0 Å². The summed E-state index contributed by atoms with van der Waals surface area (Å²) >= 11 is 0. The molecule has 41 heavy (non-hydrogen) atoms. The van der Waals surface area contributed by atoms with Crippen LogP contribution in [-0.4, -0.2) is 66.9 Å². The molecule has 5 aromatic rings. The van der Waals surface area contributed by atoms with Crippen molar-refractivity contribution in [2.75, 3.05) is 24.6 Å². The third-order valence-corrected chi connectivity index (χ3v) is 8.59. The summed E-state index contributed by atoms with van der Waals surface area (Å²) in [7, 11) is 0. The van der Waals surface area contributed by atoms with Crippen LogP contribution in [0.15, 0.2) is 67.3 Å². The van der Waals surface area contributed by atoms with E-state index in [0.29, 0.717) is 0 Å². The third-order valence-electron chi connectivity index (χ3n) is 8.59. The van der Waals surface area contributed by atoms with E-state index in [4.69, 9.17) is 9.72 Å². The number of benzene rings is 2. The lowest BCUT2D eigenvalue weighted by Gasteiger charge is -2.48. The first-order chi connectivity index (χ1) is 20.0. The van der Waals surface area contributed by atoms with Gasteiger partial charge in [-0.15, -0.1) is 10.2 Å². The van der Waals surface area contributed by atoms with Crippen molar-refractivity contribution in [3.8, 4) is 0 Å². The fourth-order valence-electron chi connectivity index (χ4n) is 6.58. The Labute approximate surface area is 237 Å². The molecule has 0 unspecified atom stereocenters. The number of hydrogen-bond acceptors (Lipinski definition) is 6. The zero-order valence-corrected chi connectivity index (χ0v) is 23.2. The van der Waals surface area contributed by atoms with Crippen molar-refractivity contribution in [2.45, 2.75) is 57.5 Å². The van der Waals surface area contributed by atoms with Gasteiger partial charge in [-0.1, -0.05) is 24.3 Å². The van der Waals surface area contributed by atoms with Crippen molar-refractivity contribution < 1.29 is 13.5 Å². The molecule has 0 aliphatic carbocycles. The van der Waals surface area contributed by atoms with Crippen LogP contribution in [0.3, 0.4) is 0 Å². The zero-order chi connectivity index (χ0) is 28.1. The average Bonchev–Trinajstić information content (AvgIpc) is 3.74. The zero-order valence-electron chi connectivity index (χ0n) is 23.2. The Bertz CT molecular complexity index is 1610. The maximum absolute atomic E-state index is 13.9. The second-order valence-electron chi connectivity index (χ2n) is 11.3. The molecule has 8 nitrogen and oxygen atoms in total. The number of ether oxygens (including phenoxy) is 1. The van der Waals surface area contributed by atoms with Gasteiger partial charge in [0.05, 0.1) is 30.7 Å². The molecular weight excluding hydrogens is 524 g/mol. The summed E-state index contributed by atoms with van der Waals surface area (Å²) in [6, 6.07) is 15.5. The summed E-state index contributed by atoms with van der Waals surface area (Å²) in [6.45, 7) is 7.47. The Kier molecular flexibility index (Phi) is 6.67. The fourth-order valence-corrected chi connectivity index (χ4v) is 6.58. The van der Waals surface area contributed by atoms with E-state index in [2.05, 4.69) is 44.5 Å². The molecule has 2 saturated heterocycles. The van der Waals surface area contributed by atoms with Crippen molar-refractivity contribution in [1.82, 2.24) is 29.0 Å². The number of fused-ring (bicyclic) bond motifs is 3. The standard InChI is InChI=1S/C31H33F2N7O/c1-20-16-39(30(22-5-9-24(32)10-6-22)23-7-11-25(33)12-8-23)21(2)15-38(20)27-14-28-36-35-19-40(28)31-29(27)34-18-37(31)17-26-4-3-13-41-26/h5-12,14,18-21,26,30H,3-4,13,15-17H2,1-2H3/t20-,21+,26-/m0/s1. The highest BCUT2D eigenvalue weighted by Crippen LogP contribution is 2.37. The van der Waals surface area contributed by atoms with Crippen molar-refractivity contribution in [3.63, 3.8) is 0 Å². The molecule has 10 heteroatoms. The van der Waals surface area contributed by atoms with Gasteiger partial charge in [-0.05, 0) is 62.1 Å². The molecule has 0 amide bonds. The van der Waals surface area contributed by atoms with Gasteiger partial charge in [-0.3, -0.25) is 9.30 Å². The topological polar surface area (TPSA) is 63.7 Å². The molecule has 212 valence electrons. The Hall–Kier alpha value is -3.89. The first-order valence-corrected chi connectivity index (χ1v) is 14.3. The Morgan fingerprint density at radius 1 is 0.927 bits per heavy atom. The van der Waals surface area contributed by atoms with E-state index in [1.54, 1.807) is 6.33 Å². The first-order valence-electron chi connectivity index (χ1n) is 14.3. The van der Waals surface area contributed by atoms with Crippen molar-refractivity contribution in [1.29, 1.82) is 0 Å². The molecule has 2 aromatic carbocycles. The molecule has 0 bridgehead atoms. The second kappa shape index (κ2) is 10.5. The van der Waals surface area contributed by atoms with E-state index in [1.807, 2.05) is 35.0 Å². The van der Waals surface area contributed by atoms with Gasteiger partial charge in [0.25, 0.3) is 0 Å². The van der Waals surface area contributed by atoms with Crippen LogP contribution in [-0.2, 0) is 11.3 Å². The SMILES string of the molecule is C[C@@H]1CN(c2cc3nncn3c3c2ncn3C[C@@H]2CCCO2)[C@@H](C)CN1C(c1ccc(F)cc1)c1ccc(F)cc1. The number of hydrogen-bond donors (Lipinski definition) is 0. The lowest BCUT2D eigenvalue weighted by Crippen LogP contribution is -2.57. The number of nitrogens with zero attached hydrogens (tertiary/aromatic N) is 7. The van der Waals surface area contributed by atoms with E-state index < -0.39 is 0 Å². The highest BCUT2D eigenvalue weighted by Gasteiger charge is 2.36. The average molecular weight is 558 g/mol. The number of halogens is 2. The van der Waals surface area contributed by atoms with Gasteiger partial charge >= 0.3 is 0 Å². The quantitative estimate of drug-likeness (QED) is 0.285. The Balaban J connectivity index is 1.24. The number of rotatable bonds is 6. The molecule has 7 rings (SSSR count). The van der Waals surface area contributed by atoms with Gasteiger partial charge < -0.3 is 14.2 Å². The lowest BCUT2D eigenvalue weighted by atomic mass is 9.93. The summed E-state index contributed by atoms with van der Waals surface area (Å²) < 4.78 is 37.8. The minimum Gasteiger partial charge on any atom is -0.376 e. The summed E-state index contributed by atoms with van der Waals surface area (Å²) in [5, 5.41) is 8.60. The van der Waals surface area contributed by atoms with E-state index in [1.165, 1.54) is 24.3 Å². The number of anilines is 1. The maximum Gasteiger partial charge on any atom is 0.164 e. The summed E-state index contributed by atoms with van der Waals surface area (Å²) in [5.74, 6) is -0.547. The van der Waals surface area contributed by atoms with Crippen LogP contribution in [0, 0.1) is 11.6 Å². The molecule has 0 spiro atoms. The number of pyridine rings is 1. The van der Waals surface area contributed by atoms with Crippen LogP contribution in [0.5, 0.6) is 0 Å². The Morgan fingerprint density at radius 3 is 2.29 bits per heavy atom. The van der Waals surface area contributed by atoms with Gasteiger partial charge in [-0.25, -0.2) is 13.8 Å². The van der Waals surface area contributed by atoms with Crippen molar-refractivity contribution in [3.05, 3.63) is 90.0 Å². The fraction of sp³-hybridized carbons (Fsp3) is 0.387. The molecule has 5 heterocycles. The van der Waals surface area contributed by atoms with Crippen molar-refractivity contribution in [2.24, 2.45) is 0 Å². The monoisotopic (exact) mass is 557 g/mol. The maximum atomic E-state index is 13.9. The molecule has 2 aliphatic rings. The minimum atomic E-state index is -0.273. The number of aromatic nitrogens is 5. The number of piperazine rings is 1. The smallest absolute Gasteiger partial charge is 0.164 e. The second-order valence-corrected chi connectivity index (χ2v) is 11.3. The highest BCUT2D eigenvalue weighted by molar-refractivity contribution is 5.90. The predicted molar refractivity (Wildman–Crippen MR) is 153 cm³/mol.